The molecule has 1 aromatic heterocycles. The number of methoxy groups -OCH3 is 1. The fourth-order valence-corrected chi connectivity index (χ4v) is 4.68. The number of aromatic nitrogens is 2. The van der Waals surface area contributed by atoms with Crippen LogP contribution in [0, 0.1) is 11.8 Å². The summed E-state index contributed by atoms with van der Waals surface area (Å²) in [5.74, 6) is 1.74. The minimum absolute atomic E-state index is 0.0290. The maximum atomic E-state index is 13.6. The van der Waals surface area contributed by atoms with Crippen LogP contribution in [0.15, 0.2) is 54.9 Å². The molecule has 2 aliphatic heterocycles. The molecule has 2 fully saturated rings. The highest BCUT2D eigenvalue weighted by Crippen LogP contribution is 2.43. The molecule has 0 saturated carbocycles. The van der Waals surface area contributed by atoms with Gasteiger partial charge in [-0.1, -0.05) is 18.2 Å². The zero-order valence-electron chi connectivity index (χ0n) is 15.7. The van der Waals surface area contributed by atoms with Crippen molar-refractivity contribution in [2.45, 2.75) is 6.04 Å². The van der Waals surface area contributed by atoms with Gasteiger partial charge in [-0.25, -0.2) is 0 Å². The minimum atomic E-state index is 0.0290. The zero-order valence-corrected chi connectivity index (χ0v) is 15.7. The molecule has 2 saturated heterocycles. The Hall–Kier alpha value is -2.99. The van der Waals surface area contributed by atoms with E-state index < -0.39 is 0 Å². The molecule has 1 N–H and O–H groups in total. The van der Waals surface area contributed by atoms with E-state index in [1.807, 2.05) is 35.2 Å². The van der Waals surface area contributed by atoms with Gasteiger partial charge in [-0.15, -0.1) is 0 Å². The SMILES string of the molecule is COc1ccc([C@H]2[C@H]3CNC[C@H]3CN2C(=O)c2cccc3nccnc23)cc1. The maximum absolute atomic E-state index is 13.6. The van der Waals surface area contributed by atoms with Gasteiger partial charge in [-0.2, -0.15) is 0 Å². The van der Waals surface area contributed by atoms with Crippen molar-refractivity contribution in [3.63, 3.8) is 0 Å². The fraction of sp³-hybridized carbons (Fsp3) is 0.318. The summed E-state index contributed by atoms with van der Waals surface area (Å²) in [5, 5.41) is 3.49. The third kappa shape index (κ3) is 2.72. The number of carbonyl (C=O) groups excluding carboxylic acids is 1. The summed E-state index contributed by atoms with van der Waals surface area (Å²) in [6, 6.07) is 13.8. The van der Waals surface area contributed by atoms with Gasteiger partial charge in [-0.05, 0) is 35.7 Å². The highest BCUT2D eigenvalue weighted by Gasteiger charge is 2.47. The van der Waals surface area contributed by atoms with E-state index in [0.717, 1.165) is 36.5 Å². The summed E-state index contributed by atoms with van der Waals surface area (Å²) >= 11 is 0. The largest absolute Gasteiger partial charge is 0.497 e. The highest BCUT2D eigenvalue weighted by molar-refractivity contribution is 6.04. The molecular weight excluding hydrogens is 352 g/mol. The normalized spacial score (nSPS) is 23.8. The molecule has 2 aliphatic rings. The number of nitrogens with zero attached hydrogens (tertiary/aromatic N) is 3. The number of hydrogen-bond donors (Lipinski definition) is 1. The molecule has 5 rings (SSSR count). The van der Waals surface area contributed by atoms with Gasteiger partial charge >= 0.3 is 0 Å². The van der Waals surface area contributed by atoms with Gasteiger partial charge in [-0.3, -0.25) is 14.8 Å². The molecule has 0 spiro atoms. The van der Waals surface area contributed by atoms with E-state index in [9.17, 15) is 4.79 Å². The Morgan fingerprint density at radius 3 is 2.75 bits per heavy atom. The summed E-state index contributed by atoms with van der Waals surface area (Å²) in [4.78, 5) is 24.4. The van der Waals surface area contributed by atoms with Crippen molar-refractivity contribution in [1.29, 1.82) is 0 Å². The second-order valence-electron chi connectivity index (χ2n) is 7.49. The lowest BCUT2D eigenvalue weighted by Crippen LogP contribution is -2.34. The van der Waals surface area contributed by atoms with E-state index in [0.29, 0.717) is 22.9 Å². The molecule has 6 nitrogen and oxygen atoms in total. The van der Waals surface area contributed by atoms with Crippen molar-refractivity contribution in [2.24, 2.45) is 11.8 Å². The predicted octanol–water partition coefficient (Wildman–Crippen LogP) is 2.67. The Balaban J connectivity index is 1.55. The van der Waals surface area contributed by atoms with E-state index in [-0.39, 0.29) is 11.9 Å². The van der Waals surface area contributed by atoms with Gasteiger partial charge in [0.1, 0.15) is 11.3 Å². The molecule has 3 heterocycles. The standard InChI is InChI=1S/C22H22N4O2/c1-28-16-7-5-14(6-8-16)21-18-12-23-11-15(18)13-26(21)22(27)17-3-2-4-19-20(17)25-10-9-24-19/h2-10,15,18,21,23H,11-13H2,1H3/t15-,18-,21-/m0/s1. The van der Waals surface area contributed by atoms with Crippen molar-refractivity contribution in [3.05, 3.63) is 66.0 Å². The summed E-state index contributed by atoms with van der Waals surface area (Å²) < 4.78 is 5.30. The summed E-state index contributed by atoms with van der Waals surface area (Å²) in [6.07, 6.45) is 3.30. The van der Waals surface area contributed by atoms with Crippen molar-refractivity contribution in [2.75, 3.05) is 26.7 Å². The van der Waals surface area contributed by atoms with E-state index >= 15 is 0 Å². The number of nitrogens with one attached hydrogen (secondary N) is 1. The second-order valence-corrected chi connectivity index (χ2v) is 7.49. The number of benzene rings is 2. The molecule has 3 atom stereocenters. The van der Waals surface area contributed by atoms with Crippen molar-refractivity contribution in [3.8, 4) is 5.75 Å². The minimum Gasteiger partial charge on any atom is -0.497 e. The zero-order chi connectivity index (χ0) is 19.1. The van der Waals surface area contributed by atoms with Crippen LogP contribution in [0.25, 0.3) is 11.0 Å². The number of carbonyl (C=O) groups is 1. The van der Waals surface area contributed by atoms with Crippen LogP contribution in [0.4, 0.5) is 0 Å². The molecule has 0 aliphatic carbocycles. The first-order chi connectivity index (χ1) is 13.8. The summed E-state index contributed by atoms with van der Waals surface area (Å²) in [7, 11) is 1.67. The van der Waals surface area contributed by atoms with Gasteiger partial charge in [0.25, 0.3) is 5.91 Å². The smallest absolute Gasteiger partial charge is 0.256 e. The third-order valence-corrected chi connectivity index (χ3v) is 6.01. The number of amides is 1. The molecule has 28 heavy (non-hydrogen) atoms. The van der Waals surface area contributed by atoms with Crippen molar-refractivity contribution < 1.29 is 9.53 Å². The molecule has 6 heteroatoms. The average molecular weight is 374 g/mol. The van der Waals surface area contributed by atoms with Gasteiger partial charge in [0, 0.05) is 37.9 Å². The molecule has 1 amide bonds. The first-order valence-corrected chi connectivity index (χ1v) is 9.61. The molecule has 0 unspecified atom stereocenters. The lowest BCUT2D eigenvalue weighted by atomic mass is 9.89. The first-order valence-electron chi connectivity index (χ1n) is 9.61. The Bertz CT molecular complexity index is 1020. The van der Waals surface area contributed by atoms with Crippen LogP contribution in [0.2, 0.25) is 0 Å². The van der Waals surface area contributed by atoms with E-state index in [2.05, 4.69) is 27.4 Å². The average Bonchev–Trinajstić information content (AvgIpc) is 3.34. The summed E-state index contributed by atoms with van der Waals surface area (Å²) in [5.41, 5.74) is 3.18. The van der Waals surface area contributed by atoms with Crippen LogP contribution in [-0.4, -0.2) is 47.5 Å². The van der Waals surface area contributed by atoms with Crippen molar-refractivity contribution >= 4 is 16.9 Å². The van der Waals surface area contributed by atoms with Crippen LogP contribution in [0.3, 0.4) is 0 Å². The number of likely N-dealkylation sites (tertiary alicyclic amines) is 1. The number of ether oxygens (including phenoxy) is 1. The van der Waals surface area contributed by atoms with Gasteiger partial charge in [0.05, 0.1) is 24.2 Å². The van der Waals surface area contributed by atoms with E-state index in [1.165, 1.54) is 0 Å². The van der Waals surface area contributed by atoms with E-state index in [1.54, 1.807) is 19.5 Å². The van der Waals surface area contributed by atoms with Gasteiger partial charge in [0.2, 0.25) is 0 Å². The van der Waals surface area contributed by atoms with Gasteiger partial charge < -0.3 is 15.0 Å². The molecule has 3 aromatic rings. The lowest BCUT2D eigenvalue weighted by molar-refractivity contribution is 0.0716. The molecule has 142 valence electrons. The number of hydrogen-bond acceptors (Lipinski definition) is 5. The maximum Gasteiger partial charge on any atom is 0.256 e. The molecule has 0 bridgehead atoms. The number of fused-ring (bicyclic) bond motifs is 2. The number of rotatable bonds is 3. The number of para-hydroxylation sites is 1. The fourth-order valence-electron chi connectivity index (χ4n) is 4.68. The quantitative estimate of drug-likeness (QED) is 0.763. The summed E-state index contributed by atoms with van der Waals surface area (Å²) in [6.45, 7) is 2.64. The Morgan fingerprint density at radius 1 is 1.11 bits per heavy atom. The Labute approximate surface area is 163 Å². The van der Waals surface area contributed by atoms with Crippen LogP contribution >= 0.6 is 0 Å². The first kappa shape index (κ1) is 17.1. The third-order valence-electron chi connectivity index (χ3n) is 6.01. The van der Waals surface area contributed by atoms with Crippen LogP contribution < -0.4 is 10.1 Å². The topological polar surface area (TPSA) is 67.3 Å². The Kier molecular flexibility index (Phi) is 4.20. The predicted molar refractivity (Wildman–Crippen MR) is 106 cm³/mol. The van der Waals surface area contributed by atoms with E-state index in [4.69, 9.17) is 4.74 Å². The second kappa shape index (κ2) is 6.87. The molecular formula is C22H22N4O2. The Morgan fingerprint density at radius 2 is 1.93 bits per heavy atom. The monoisotopic (exact) mass is 374 g/mol. The lowest BCUT2D eigenvalue weighted by Gasteiger charge is -2.29. The van der Waals surface area contributed by atoms with Crippen LogP contribution in [-0.2, 0) is 0 Å². The molecule has 2 aromatic carbocycles. The highest BCUT2D eigenvalue weighted by atomic mass is 16.5. The molecule has 0 radical (unpaired) electrons. The van der Waals surface area contributed by atoms with Crippen LogP contribution in [0.1, 0.15) is 22.0 Å². The van der Waals surface area contributed by atoms with Crippen LogP contribution in [0.5, 0.6) is 5.75 Å². The van der Waals surface area contributed by atoms with Gasteiger partial charge in [0.15, 0.2) is 0 Å². The van der Waals surface area contributed by atoms with Crippen molar-refractivity contribution in [1.82, 2.24) is 20.2 Å².